The molecule has 2 aromatic carbocycles. The van der Waals surface area contributed by atoms with Crippen LogP contribution in [0, 0.1) is 5.92 Å². The number of fused-ring (bicyclic) bond motifs is 1. The Balaban J connectivity index is 1.32. The summed E-state index contributed by atoms with van der Waals surface area (Å²) in [5, 5.41) is 4.23. The van der Waals surface area contributed by atoms with Gasteiger partial charge in [0.25, 0.3) is 0 Å². The minimum atomic E-state index is 0.0917. The van der Waals surface area contributed by atoms with Gasteiger partial charge in [-0.1, -0.05) is 36.4 Å². The van der Waals surface area contributed by atoms with Crippen LogP contribution in [0.25, 0.3) is 10.9 Å². The van der Waals surface area contributed by atoms with Crippen molar-refractivity contribution in [2.24, 2.45) is 5.92 Å². The van der Waals surface area contributed by atoms with Crippen molar-refractivity contribution in [1.29, 1.82) is 0 Å². The number of rotatable bonds is 6. The number of hydrogen-bond donors (Lipinski definition) is 1. The summed E-state index contributed by atoms with van der Waals surface area (Å²) in [7, 11) is 1.66. The van der Waals surface area contributed by atoms with Gasteiger partial charge in [0.05, 0.1) is 12.6 Å². The lowest BCUT2D eigenvalue weighted by molar-refractivity contribution is -0.122. The normalized spacial score (nSPS) is 18.5. The van der Waals surface area contributed by atoms with Crippen LogP contribution in [0.3, 0.4) is 0 Å². The van der Waals surface area contributed by atoms with E-state index < -0.39 is 0 Å². The molecule has 0 spiro atoms. The maximum absolute atomic E-state index is 12.4. The molecule has 132 valence electrons. The van der Waals surface area contributed by atoms with Gasteiger partial charge in [-0.25, -0.2) is 0 Å². The van der Waals surface area contributed by atoms with E-state index in [1.54, 1.807) is 7.11 Å². The van der Waals surface area contributed by atoms with E-state index in [0.29, 0.717) is 12.5 Å². The largest absolute Gasteiger partial charge is 0.497 e. The Bertz CT molecular complexity index is 916. The van der Waals surface area contributed by atoms with E-state index in [4.69, 9.17) is 4.74 Å². The van der Waals surface area contributed by atoms with Gasteiger partial charge in [-0.05, 0) is 48.1 Å². The molecule has 1 aliphatic rings. The van der Waals surface area contributed by atoms with E-state index in [2.05, 4.69) is 40.6 Å². The van der Waals surface area contributed by atoms with Gasteiger partial charge in [0.2, 0.25) is 5.91 Å². The third-order valence-corrected chi connectivity index (χ3v) is 5.08. The van der Waals surface area contributed by atoms with Crippen LogP contribution in [0.5, 0.6) is 5.75 Å². The van der Waals surface area contributed by atoms with Crippen LogP contribution in [0.15, 0.2) is 60.8 Å². The number of hydrogen-bond acceptors (Lipinski definition) is 3. The van der Waals surface area contributed by atoms with Crippen LogP contribution < -0.4 is 10.1 Å². The summed E-state index contributed by atoms with van der Waals surface area (Å²) >= 11 is 0. The predicted octanol–water partition coefficient (Wildman–Crippen LogP) is 3.71. The third kappa shape index (κ3) is 3.40. The quantitative estimate of drug-likeness (QED) is 0.740. The van der Waals surface area contributed by atoms with Crippen molar-refractivity contribution in [3.05, 3.63) is 71.9 Å². The van der Waals surface area contributed by atoms with Gasteiger partial charge < -0.3 is 10.1 Å². The highest BCUT2D eigenvalue weighted by molar-refractivity contribution is 5.83. The molecule has 1 saturated carbocycles. The van der Waals surface area contributed by atoms with Gasteiger partial charge in [0.1, 0.15) is 5.75 Å². The Morgan fingerprint density at radius 2 is 1.96 bits per heavy atom. The molecule has 1 aliphatic carbocycles. The summed E-state index contributed by atoms with van der Waals surface area (Å²) in [5.74, 6) is 1.42. The molecule has 1 aromatic heterocycles. The SMILES string of the molecule is COc1ccc([C@H]2C[C@H]2C(=O)NCCc2cccc3cccnc23)cc1. The van der Waals surface area contributed by atoms with Crippen molar-refractivity contribution >= 4 is 16.8 Å². The number of para-hydroxylation sites is 1. The van der Waals surface area contributed by atoms with E-state index in [1.165, 1.54) is 11.1 Å². The fourth-order valence-electron chi connectivity index (χ4n) is 3.52. The van der Waals surface area contributed by atoms with Gasteiger partial charge in [0, 0.05) is 24.0 Å². The number of nitrogens with zero attached hydrogens (tertiary/aromatic N) is 1. The molecule has 1 amide bonds. The Morgan fingerprint density at radius 1 is 1.15 bits per heavy atom. The molecule has 26 heavy (non-hydrogen) atoms. The highest BCUT2D eigenvalue weighted by Gasteiger charge is 2.43. The first-order chi connectivity index (χ1) is 12.8. The fraction of sp³-hybridized carbons (Fsp3) is 0.273. The minimum Gasteiger partial charge on any atom is -0.497 e. The summed E-state index contributed by atoms with van der Waals surface area (Å²) in [6, 6.07) is 18.2. The van der Waals surface area contributed by atoms with Crippen molar-refractivity contribution in [2.75, 3.05) is 13.7 Å². The van der Waals surface area contributed by atoms with Crippen molar-refractivity contribution < 1.29 is 9.53 Å². The lowest BCUT2D eigenvalue weighted by Crippen LogP contribution is -2.27. The smallest absolute Gasteiger partial charge is 0.223 e. The number of carbonyl (C=O) groups is 1. The number of ether oxygens (including phenoxy) is 1. The monoisotopic (exact) mass is 346 g/mol. The van der Waals surface area contributed by atoms with E-state index in [1.807, 2.05) is 30.5 Å². The van der Waals surface area contributed by atoms with Gasteiger partial charge in [-0.3, -0.25) is 9.78 Å². The maximum Gasteiger partial charge on any atom is 0.223 e. The molecule has 3 aromatic rings. The molecule has 1 N–H and O–H groups in total. The molecular formula is C22H22N2O2. The van der Waals surface area contributed by atoms with Crippen LogP contribution in [0.2, 0.25) is 0 Å². The summed E-state index contributed by atoms with van der Waals surface area (Å²) in [6.45, 7) is 0.639. The molecule has 0 unspecified atom stereocenters. The van der Waals surface area contributed by atoms with Crippen LogP contribution in [-0.2, 0) is 11.2 Å². The number of methoxy groups -OCH3 is 1. The van der Waals surface area contributed by atoms with Crippen LogP contribution in [-0.4, -0.2) is 24.5 Å². The zero-order valence-electron chi connectivity index (χ0n) is 14.8. The van der Waals surface area contributed by atoms with E-state index in [0.717, 1.165) is 29.5 Å². The van der Waals surface area contributed by atoms with Gasteiger partial charge >= 0.3 is 0 Å². The number of amides is 1. The fourth-order valence-corrected chi connectivity index (χ4v) is 3.52. The zero-order valence-corrected chi connectivity index (χ0v) is 14.8. The number of carbonyl (C=O) groups excluding carboxylic acids is 1. The van der Waals surface area contributed by atoms with Crippen LogP contribution in [0.1, 0.15) is 23.5 Å². The highest BCUT2D eigenvalue weighted by Crippen LogP contribution is 2.47. The molecule has 0 radical (unpaired) electrons. The van der Waals surface area contributed by atoms with Crippen molar-refractivity contribution in [3.8, 4) is 5.75 Å². The average molecular weight is 346 g/mol. The summed E-state index contributed by atoms with van der Waals surface area (Å²) in [6.07, 6.45) is 3.53. The van der Waals surface area contributed by atoms with Gasteiger partial charge in [-0.2, -0.15) is 0 Å². The first-order valence-corrected chi connectivity index (χ1v) is 9.00. The molecule has 1 fully saturated rings. The third-order valence-electron chi connectivity index (χ3n) is 5.08. The average Bonchev–Trinajstić information content (AvgIpc) is 3.49. The lowest BCUT2D eigenvalue weighted by Gasteiger charge is -2.08. The second-order valence-electron chi connectivity index (χ2n) is 6.76. The zero-order chi connectivity index (χ0) is 17.9. The van der Waals surface area contributed by atoms with Crippen molar-refractivity contribution in [3.63, 3.8) is 0 Å². The highest BCUT2D eigenvalue weighted by atomic mass is 16.5. The van der Waals surface area contributed by atoms with E-state index in [-0.39, 0.29) is 11.8 Å². The van der Waals surface area contributed by atoms with Gasteiger partial charge in [0.15, 0.2) is 0 Å². The molecule has 0 aliphatic heterocycles. The Hall–Kier alpha value is -2.88. The number of benzene rings is 2. The molecule has 4 rings (SSSR count). The summed E-state index contributed by atoms with van der Waals surface area (Å²) < 4.78 is 5.18. The first-order valence-electron chi connectivity index (χ1n) is 9.00. The second kappa shape index (κ2) is 7.16. The number of nitrogens with one attached hydrogen (secondary N) is 1. The maximum atomic E-state index is 12.4. The molecular weight excluding hydrogens is 324 g/mol. The Morgan fingerprint density at radius 3 is 2.77 bits per heavy atom. The van der Waals surface area contributed by atoms with Gasteiger partial charge in [-0.15, -0.1) is 0 Å². The minimum absolute atomic E-state index is 0.0917. The lowest BCUT2D eigenvalue weighted by atomic mass is 10.1. The van der Waals surface area contributed by atoms with Crippen LogP contribution in [0.4, 0.5) is 0 Å². The predicted molar refractivity (Wildman–Crippen MR) is 102 cm³/mol. The topological polar surface area (TPSA) is 51.2 Å². The van der Waals surface area contributed by atoms with Crippen molar-refractivity contribution in [2.45, 2.75) is 18.8 Å². The van der Waals surface area contributed by atoms with E-state index >= 15 is 0 Å². The Kier molecular flexibility index (Phi) is 4.57. The molecule has 0 bridgehead atoms. The molecule has 4 nitrogen and oxygen atoms in total. The number of pyridine rings is 1. The number of aromatic nitrogens is 1. The summed E-state index contributed by atoms with van der Waals surface area (Å²) in [4.78, 5) is 16.9. The molecule has 4 heteroatoms. The molecule has 0 saturated heterocycles. The standard InChI is InChI=1S/C22H22N2O2/c1-26-18-9-7-15(8-10-18)19-14-20(19)22(25)24-13-11-17-5-2-4-16-6-3-12-23-21(16)17/h2-10,12,19-20H,11,13-14H2,1H3,(H,24,25)/t19-,20-/m1/s1. The summed E-state index contributed by atoms with van der Waals surface area (Å²) in [5.41, 5.74) is 3.40. The molecule has 2 atom stereocenters. The van der Waals surface area contributed by atoms with E-state index in [9.17, 15) is 4.79 Å². The first kappa shape index (κ1) is 16.6. The Labute approximate surface area is 153 Å². The van der Waals surface area contributed by atoms with Crippen LogP contribution >= 0.6 is 0 Å². The second-order valence-corrected chi connectivity index (χ2v) is 6.76. The van der Waals surface area contributed by atoms with Crippen molar-refractivity contribution in [1.82, 2.24) is 10.3 Å². The molecule has 1 heterocycles.